The van der Waals surface area contributed by atoms with E-state index in [-0.39, 0.29) is 24.5 Å². The molecule has 0 saturated carbocycles. The van der Waals surface area contributed by atoms with E-state index in [4.69, 9.17) is 9.84 Å². The molecule has 0 unspecified atom stereocenters. The molecule has 0 aliphatic rings. The van der Waals surface area contributed by atoms with Gasteiger partial charge < -0.3 is 15.2 Å². The summed E-state index contributed by atoms with van der Waals surface area (Å²) in [5, 5.41) is 11.3. The Bertz CT molecular complexity index is 544. The van der Waals surface area contributed by atoms with Crippen molar-refractivity contribution in [2.75, 3.05) is 19.0 Å². The number of ether oxygens (including phenoxy) is 1. The summed E-state index contributed by atoms with van der Waals surface area (Å²) in [5.41, 5.74) is -0.363. The summed E-state index contributed by atoms with van der Waals surface area (Å²) in [6.45, 7) is 3.19. The predicted molar refractivity (Wildman–Crippen MR) is 74.7 cm³/mol. The number of benzene rings is 1. The van der Waals surface area contributed by atoms with Gasteiger partial charge in [-0.3, -0.25) is 4.79 Å². The third kappa shape index (κ3) is 4.34. The zero-order valence-electron chi connectivity index (χ0n) is 11.8. The third-order valence-corrected chi connectivity index (χ3v) is 2.74. The van der Waals surface area contributed by atoms with Gasteiger partial charge in [0.2, 0.25) is 0 Å². The minimum atomic E-state index is -0.975. The molecule has 20 heavy (non-hydrogen) atoms. The molecule has 0 atom stereocenters. The van der Waals surface area contributed by atoms with Gasteiger partial charge in [0.05, 0.1) is 12.2 Å². The van der Waals surface area contributed by atoms with Crippen molar-refractivity contribution in [3.63, 3.8) is 0 Å². The highest BCUT2D eigenvalue weighted by atomic mass is 19.1. The molecule has 2 N–H and O–H groups in total. The first-order valence-electron chi connectivity index (χ1n) is 6.16. The average Bonchev–Trinajstić information content (AvgIpc) is 2.42. The minimum Gasteiger partial charge on any atom is -0.395 e. The second-order valence-corrected chi connectivity index (χ2v) is 4.64. The second kappa shape index (κ2) is 7.04. The number of rotatable bonds is 4. The Kier molecular flexibility index (Phi) is 5.68. The number of hydrogen-bond donors (Lipinski definition) is 2. The summed E-state index contributed by atoms with van der Waals surface area (Å²) in [4.78, 5) is 11.9. The molecule has 0 aliphatic carbocycles. The van der Waals surface area contributed by atoms with Crippen molar-refractivity contribution in [2.45, 2.75) is 25.9 Å². The van der Waals surface area contributed by atoms with Crippen LogP contribution in [0.4, 0.5) is 10.1 Å². The zero-order valence-corrected chi connectivity index (χ0v) is 11.8. The molecule has 0 fully saturated rings. The Balaban J connectivity index is 2.91. The molecule has 0 aliphatic heterocycles. The van der Waals surface area contributed by atoms with Gasteiger partial charge in [-0.25, -0.2) is 4.39 Å². The van der Waals surface area contributed by atoms with Crippen molar-refractivity contribution in [1.29, 1.82) is 0 Å². The molecule has 1 rings (SSSR count). The van der Waals surface area contributed by atoms with Crippen molar-refractivity contribution < 1.29 is 19.0 Å². The molecule has 0 bridgehead atoms. The van der Waals surface area contributed by atoms with Crippen LogP contribution in [0, 0.1) is 17.7 Å². The van der Waals surface area contributed by atoms with Gasteiger partial charge in [-0.2, -0.15) is 0 Å². The highest BCUT2D eigenvalue weighted by molar-refractivity contribution is 5.96. The normalized spacial score (nSPS) is 10.7. The summed E-state index contributed by atoms with van der Waals surface area (Å²) in [6.07, 6.45) is 0.271. The van der Waals surface area contributed by atoms with Gasteiger partial charge in [0.1, 0.15) is 11.4 Å². The van der Waals surface area contributed by atoms with E-state index in [9.17, 15) is 9.18 Å². The van der Waals surface area contributed by atoms with Crippen molar-refractivity contribution in [1.82, 2.24) is 0 Å². The highest BCUT2D eigenvalue weighted by Crippen LogP contribution is 2.17. The summed E-state index contributed by atoms with van der Waals surface area (Å²) in [6, 6.07) is 4.14. The summed E-state index contributed by atoms with van der Waals surface area (Å²) >= 11 is 0. The van der Waals surface area contributed by atoms with Crippen LogP contribution in [0.3, 0.4) is 0 Å². The first-order chi connectivity index (χ1) is 9.40. The third-order valence-electron chi connectivity index (χ3n) is 2.74. The Labute approximate surface area is 117 Å². The molecule has 0 aromatic heterocycles. The maximum Gasteiger partial charge on any atom is 0.256 e. The van der Waals surface area contributed by atoms with Crippen LogP contribution < -0.4 is 5.32 Å². The van der Waals surface area contributed by atoms with E-state index in [1.807, 2.05) is 0 Å². The lowest BCUT2D eigenvalue weighted by Gasteiger charge is -2.21. The molecule has 1 aromatic rings. The number of hydrogen-bond acceptors (Lipinski definition) is 3. The van der Waals surface area contributed by atoms with Crippen molar-refractivity contribution >= 4 is 11.6 Å². The quantitative estimate of drug-likeness (QED) is 0.828. The molecule has 108 valence electrons. The number of amides is 1. The van der Waals surface area contributed by atoms with Crippen LogP contribution in [0.2, 0.25) is 0 Å². The SMILES string of the molecule is COC(C)(C)C(=O)Nc1ccc(F)c(C#CCCO)c1. The van der Waals surface area contributed by atoms with Crippen molar-refractivity contribution in [3.05, 3.63) is 29.6 Å². The van der Waals surface area contributed by atoms with Crippen molar-refractivity contribution in [2.24, 2.45) is 0 Å². The number of methoxy groups -OCH3 is 1. The molecular formula is C15H18FNO3. The lowest BCUT2D eigenvalue weighted by Crippen LogP contribution is -2.38. The Morgan fingerprint density at radius 1 is 1.50 bits per heavy atom. The minimum absolute atomic E-state index is 0.0763. The summed E-state index contributed by atoms with van der Waals surface area (Å²) < 4.78 is 18.6. The lowest BCUT2D eigenvalue weighted by molar-refractivity contribution is -0.133. The maximum atomic E-state index is 13.5. The van der Waals surface area contributed by atoms with E-state index in [1.165, 1.54) is 25.3 Å². The number of nitrogens with one attached hydrogen (secondary N) is 1. The molecule has 0 heterocycles. The van der Waals surface area contributed by atoms with E-state index in [0.717, 1.165) is 0 Å². The fourth-order valence-electron chi connectivity index (χ4n) is 1.29. The van der Waals surface area contributed by atoms with Crippen molar-refractivity contribution in [3.8, 4) is 11.8 Å². The van der Waals surface area contributed by atoms with Gasteiger partial charge in [0.25, 0.3) is 5.91 Å². The van der Waals surface area contributed by atoms with Crippen LogP contribution >= 0.6 is 0 Å². The van der Waals surface area contributed by atoms with E-state index >= 15 is 0 Å². The zero-order chi connectivity index (χ0) is 15.2. The first kappa shape index (κ1) is 16.2. The Hall–Kier alpha value is -1.90. The monoisotopic (exact) mass is 279 g/mol. The van der Waals surface area contributed by atoms with E-state index in [1.54, 1.807) is 13.8 Å². The van der Waals surface area contributed by atoms with Crippen LogP contribution in [0.1, 0.15) is 25.8 Å². The first-order valence-corrected chi connectivity index (χ1v) is 6.16. The van der Waals surface area contributed by atoms with Gasteiger partial charge in [0, 0.05) is 19.2 Å². The van der Waals surface area contributed by atoms with E-state index < -0.39 is 11.4 Å². The van der Waals surface area contributed by atoms with E-state index in [0.29, 0.717) is 5.69 Å². The standard InChI is InChI=1S/C15H18FNO3/c1-15(2,20-3)14(19)17-12-7-8-13(16)11(10-12)6-4-5-9-18/h7-8,10,18H,5,9H2,1-3H3,(H,17,19). The molecule has 4 nitrogen and oxygen atoms in total. The van der Waals surface area contributed by atoms with Crippen LogP contribution in [-0.2, 0) is 9.53 Å². The molecule has 0 radical (unpaired) electrons. The van der Waals surface area contributed by atoms with E-state index in [2.05, 4.69) is 17.2 Å². The second-order valence-electron chi connectivity index (χ2n) is 4.64. The lowest BCUT2D eigenvalue weighted by atomic mass is 10.1. The van der Waals surface area contributed by atoms with Crippen LogP contribution in [-0.4, -0.2) is 30.3 Å². The average molecular weight is 279 g/mol. The Morgan fingerprint density at radius 2 is 2.20 bits per heavy atom. The number of halogens is 1. The largest absolute Gasteiger partial charge is 0.395 e. The molecule has 0 saturated heterocycles. The molecule has 5 heteroatoms. The van der Waals surface area contributed by atoms with Crippen LogP contribution in [0.15, 0.2) is 18.2 Å². The smallest absolute Gasteiger partial charge is 0.256 e. The van der Waals surface area contributed by atoms with Gasteiger partial charge in [-0.1, -0.05) is 11.8 Å². The fraction of sp³-hybridized carbons (Fsp3) is 0.400. The fourth-order valence-corrected chi connectivity index (χ4v) is 1.29. The molecular weight excluding hydrogens is 261 g/mol. The predicted octanol–water partition coefficient (Wildman–Crippen LogP) is 1.92. The topological polar surface area (TPSA) is 58.6 Å². The summed E-state index contributed by atoms with van der Waals surface area (Å²) in [7, 11) is 1.44. The Morgan fingerprint density at radius 3 is 2.80 bits per heavy atom. The van der Waals surface area contributed by atoms with Gasteiger partial charge >= 0.3 is 0 Å². The molecule has 1 amide bonds. The number of aliphatic hydroxyl groups is 1. The number of carbonyl (C=O) groups is 1. The van der Waals surface area contributed by atoms with Gasteiger partial charge in [0.15, 0.2) is 0 Å². The molecule has 0 spiro atoms. The molecule has 1 aromatic carbocycles. The van der Waals surface area contributed by atoms with Gasteiger partial charge in [-0.05, 0) is 32.0 Å². The highest BCUT2D eigenvalue weighted by Gasteiger charge is 2.26. The number of aliphatic hydroxyl groups excluding tert-OH is 1. The number of carbonyl (C=O) groups excluding carboxylic acids is 1. The van der Waals surface area contributed by atoms with Crippen LogP contribution in [0.5, 0.6) is 0 Å². The number of anilines is 1. The van der Waals surface area contributed by atoms with Crippen LogP contribution in [0.25, 0.3) is 0 Å². The van der Waals surface area contributed by atoms with Gasteiger partial charge in [-0.15, -0.1) is 0 Å². The summed E-state index contributed by atoms with van der Waals surface area (Å²) in [5.74, 6) is 4.44. The maximum absolute atomic E-state index is 13.5.